The predicted molar refractivity (Wildman–Crippen MR) is 83.5 cm³/mol. The zero-order valence-electron chi connectivity index (χ0n) is 12.9. The van der Waals surface area contributed by atoms with Gasteiger partial charge in [-0.25, -0.2) is 9.37 Å². The Morgan fingerprint density at radius 2 is 2.28 bits per heavy atom. The summed E-state index contributed by atoms with van der Waals surface area (Å²) in [5.74, 6) is -0.178. The Balaban J connectivity index is 1.95. The first-order valence-corrected chi connectivity index (χ1v) is 9.10. The second-order valence-electron chi connectivity index (χ2n) is 6.04. The van der Waals surface area contributed by atoms with E-state index in [9.17, 15) is 14.5 Å². The number of nitrogens with one attached hydrogen (secondary N) is 1. The highest BCUT2D eigenvalue weighted by Gasteiger charge is 2.52. The van der Waals surface area contributed by atoms with Gasteiger partial charge in [-0.3, -0.25) is 18.9 Å². The molecule has 138 valence electrons. The fourth-order valence-corrected chi connectivity index (χ4v) is 3.60. The third-order valence-electron chi connectivity index (χ3n) is 4.32. The second-order valence-corrected chi connectivity index (χ2v) is 7.81. The van der Waals surface area contributed by atoms with Crippen LogP contribution in [0, 0.1) is 5.41 Å². The molecule has 3 atom stereocenters. The molecule has 0 aromatic carbocycles. The molecule has 1 aliphatic rings. The Hall–Kier alpha value is -1.85. The number of anilines is 1. The van der Waals surface area contributed by atoms with Gasteiger partial charge >= 0.3 is 7.60 Å². The van der Waals surface area contributed by atoms with Gasteiger partial charge in [0.25, 0.3) is 5.56 Å². The van der Waals surface area contributed by atoms with E-state index in [0.29, 0.717) is 0 Å². The van der Waals surface area contributed by atoms with E-state index in [2.05, 4.69) is 15.0 Å². The average molecular weight is 377 g/mol. The summed E-state index contributed by atoms with van der Waals surface area (Å²) in [5.41, 5.74) is 3.38. The van der Waals surface area contributed by atoms with Crippen molar-refractivity contribution in [3.8, 4) is 0 Å². The molecule has 0 amide bonds. The monoisotopic (exact) mass is 377 g/mol. The Bertz CT molecular complexity index is 896. The van der Waals surface area contributed by atoms with Gasteiger partial charge in [0.1, 0.15) is 0 Å². The Morgan fingerprint density at radius 3 is 2.92 bits per heavy atom. The number of ether oxygens (including phenoxy) is 1. The van der Waals surface area contributed by atoms with Gasteiger partial charge in [0.2, 0.25) is 5.95 Å². The number of alkyl halides is 1. The van der Waals surface area contributed by atoms with E-state index in [4.69, 9.17) is 20.3 Å². The van der Waals surface area contributed by atoms with Gasteiger partial charge in [-0.05, 0) is 6.42 Å². The average Bonchev–Trinajstić information content (AvgIpc) is 3.07. The van der Waals surface area contributed by atoms with Crippen molar-refractivity contribution in [3.63, 3.8) is 0 Å². The Labute approximate surface area is 139 Å². The summed E-state index contributed by atoms with van der Waals surface area (Å²) in [4.78, 5) is 39.9. The first-order chi connectivity index (χ1) is 11.7. The SMILES string of the molecule is Nc1nc2c(ncn2[C@@H]2OC[C@](CO)(CCP(=O)(O)O)[C@@H]2F)c(=O)[nH]1. The molecule has 0 bridgehead atoms. The third kappa shape index (κ3) is 3.18. The summed E-state index contributed by atoms with van der Waals surface area (Å²) in [6, 6.07) is 0. The summed E-state index contributed by atoms with van der Waals surface area (Å²) in [5, 5.41) is 9.61. The summed E-state index contributed by atoms with van der Waals surface area (Å²) >= 11 is 0. The molecule has 3 heterocycles. The van der Waals surface area contributed by atoms with E-state index in [0.717, 1.165) is 0 Å². The van der Waals surface area contributed by atoms with Gasteiger partial charge in [-0.1, -0.05) is 0 Å². The first kappa shape index (κ1) is 18.0. The number of hydrogen-bond acceptors (Lipinski definition) is 7. The van der Waals surface area contributed by atoms with Crippen molar-refractivity contribution >= 4 is 24.7 Å². The normalized spacial score (nSPS) is 27.2. The maximum atomic E-state index is 15.0. The number of fused-ring (bicyclic) bond motifs is 1. The largest absolute Gasteiger partial charge is 0.396 e. The van der Waals surface area contributed by atoms with E-state index in [1.807, 2.05) is 0 Å². The molecule has 0 unspecified atom stereocenters. The van der Waals surface area contributed by atoms with Crippen LogP contribution in [0.4, 0.5) is 10.3 Å². The molecule has 0 spiro atoms. The lowest BCUT2D eigenvalue weighted by atomic mass is 9.83. The fraction of sp³-hybridized carbons (Fsp3) is 0.583. The Morgan fingerprint density at radius 1 is 1.56 bits per heavy atom. The third-order valence-corrected chi connectivity index (χ3v) is 5.12. The predicted octanol–water partition coefficient (Wildman–Crippen LogP) is -0.885. The van der Waals surface area contributed by atoms with E-state index >= 15 is 4.39 Å². The van der Waals surface area contributed by atoms with Crippen LogP contribution in [0.3, 0.4) is 0 Å². The minimum atomic E-state index is -4.36. The summed E-state index contributed by atoms with van der Waals surface area (Å²) in [7, 11) is -4.36. The summed E-state index contributed by atoms with van der Waals surface area (Å²) < 4.78 is 32.7. The molecule has 1 aliphatic heterocycles. The van der Waals surface area contributed by atoms with Crippen LogP contribution in [-0.4, -0.2) is 60.0 Å². The number of nitrogens with zero attached hydrogens (tertiary/aromatic N) is 3. The van der Waals surface area contributed by atoms with Crippen LogP contribution >= 0.6 is 7.60 Å². The minimum Gasteiger partial charge on any atom is -0.396 e. The molecule has 11 nitrogen and oxygen atoms in total. The van der Waals surface area contributed by atoms with Crippen molar-refractivity contribution in [1.82, 2.24) is 19.5 Å². The number of hydrogen-bond donors (Lipinski definition) is 5. The smallest absolute Gasteiger partial charge is 0.325 e. The number of nitrogen functional groups attached to an aromatic ring is 1. The molecule has 0 aliphatic carbocycles. The van der Waals surface area contributed by atoms with Crippen LogP contribution in [0.25, 0.3) is 11.2 Å². The van der Waals surface area contributed by atoms with Crippen LogP contribution in [0.15, 0.2) is 11.1 Å². The van der Waals surface area contributed by atoms with Gasteiger partial charge in [0, 0.05) is 0 Å². The van der Waals surface area contributed by atoms with Crippen molar-refractivity contribution in [1.29, 1.82) is 0 Å². The molecule has 1 fully saturated rings. The molecule has 0 radical (unpaired) electrons. The van der Waals surface area contributed by atoms with E-state index < -0.39 is 43.7 Å². The molecule has 2 aromatic rings. The molecule has 1 saturated heterocycles. The molecule has 3 rings (SSSR count). The van der Waals surface area contributed by atoms with E-state index in [-0.39, 0.29) is 30.1 Å². The number of imidazole rings is 1. The lowest BCUT2D eigenvalue weighted by Gasteiger charge is -2.28. The molecular weight excluding hydrogens is 360 g/mol. The lowest BCUT2D eigenvalue weighted by Crippen LogP contribution is -2.37. The van der Waals surface area contributed by atoms with Crippen molar-refractivity contribution in [3.05, 3.63) is 16.7 Å². The molecular formula is C12H17FN5O6P. The second kappa shape index (κ2) is 6.15. The number of rotatable bonds is 5. The zero-order valence-corrected chi connectivity index (χ0v) is 13.8. The van der Waals surface area contributed by atoms with Gasteiger partial charge in [0.05, 0.1) is 31.1 Å². The standard InChI is InChI=1S/C12H17FN5O6P/c13-7-10(24-4-12(7,3-19)1-2-25(21,22)23)18-5-15-6-8(18)16-11(14)17-9(6)20/h5,7,10,19H,1-4H2,(H2,21,22,23)(H3,14,16,17,20)/t7-,10-,12-/m1/s1. The van der Waals surface area contributed by atoms with Gasteiger partial charge < -0.3 is 25.4 Å². The van der Waals surface area contributed by atoms with Crippen LogP contribution in [0.2, 0.25) is 0 Å². The molecule has 6 N–H and O–H groups in total. The highest BCUT2D eigenvalue weighted by molar-refractivity contribution is 7.51. The van der Waals surface area contributed by atoms with Crippen molar-refractivity contribution in [2.24, 2.45) is 5.41 Å². The minimum absolute atomic E-state index is 0.0117. The quantitative estimate of drug-likeness (QED) is 0.414. The Kier molecular flexibility index (Phi) is 4.41. The molecule has 2 aromatic heterocycles. The van der Waals surface area contributed by atoms with Gasteiger partial charge in [-0.15, -0.1) is 0 Å². The topological polar surface area (TPSA) is 177 Å². The van der Waals surface area contributed by atoms with Crippen LogP contribution < -0.4 is 11.3 Å². The van der Waals surface area contributed by atoms with Crippen molar-refractivity contribution in [2.75, 3.05) is 25.1 Å². The van der Waals surface area contributed by atoms with E-state index in [1.165, 1.54) is 10.9 Å². The van der Waals surface area contributed by atoms with Crippen LogP contribution in [0.5, 0.6) is 0 Å². The highest BCUT2D eigenvalue weighted by Crippen LogP contribution is 2.47. The number of aliphatic hydroxyl groups excluding tert-OH is 1. The molecule has 13 heteroatoms. The highest BCUT2D eigenvalue weighted by atomic mass is 31.2. The maximum Gasteiger partial charge on any atom is 0.325 e. The number of aliphatic hydroxyl groups is 1. The molecule has 25 heavy (non-hydrogen) atoms. The van der Waals surface area contributed by atoms with E-state index in [1.54, 1.807) is 0 Å². The maximum absolute atomic E-state index is 15.0. The lowest BCUT2D eigenvalue weighted by molar-refractivity contribution is 0.0225. The fourth-order valence-electron chi connectivity index (χ4n) is 2.86. The van der Waals surface area contributed by atoms with Crippen molar-refractivity contribution in [2.45, 2.75) is 18.8 Å². The number of halogens is 1. The van der Waals surface area contributed by atoms with Gasteiger partial charge in [-0.2, -0.15) is 4.98 Å². The summed E-state index contributed by atoms with van der Waals surface area (Å²) in [6.07, 6.45) is -2.75. The van der Waals surface area contributed by atoms with Gasteiger partial charge in [0.15, 0.2) is 23.6 Å². The molecule has 0 saturated carbocycles. The zero-order chi connectivity index (χ0) is 18.4. The van der Waals surface area contributed by atoms with Crippen LogP contribution in [-0.2, 0) is 9.30 Å². The number of H-pyrrole nitrogens is 1. The number of nitrogens with two attached hydrogens (primary N) is 1. The number of aromatic amines is 1. The number of aromatic nitrogens is 4. The van der Waals surface area contributed by atoms with Crippen LogP contribution in [0.1, 0.15) is 12.6 Å². The summed E-state index contributed by atoms with van der Waals surface area (Å²) in [6.45, 7) is -0.916. The van der Waals surface area contributed by atoms with Crippen molar-refractivity contribution < 1.29 is 28.6 Å². The first-order valence-electron chi connectivity index (χ1n) is 7.30.